The molecule has 0 aliphatic rings. The maximum Gasteiger partial charge on any atom is 0.175 e. The third-order valence-electron chi connectivity index (χ3n) is 2.35. The molecule has 0 saturated carbocycles. The first-order chi connectivity index (χ1) is 9.45. The molecule has 104 valence electrons. The van der Waals surface area contributed by atoms with Crippen molar-refractivity contribution in [2.75, 3.05) is 10.6 Å². The first kappa shape index (κ1) is 15.0. The smallest absolute Gasteiger partial charge is 0.175 e. The molecule has 20 heavy (non-hydrogen) atoms. The van der Waals surface area contributed by atoms with E-state index in [9.17, 15) is 8.78 Å². The van der Waals surface area contributed by atoms with Crippen LogP contribution in [-0.2, 0) is 0 Å². The van der Waals surface area contributed by atoms with Crippen LogP contribution >= 0.6 is 35.4 Å². The van der Waals surface area contributed by atoms with Crippen molar-refractivity contribution in [2.24, 2.45) is 0 Å². The number of benzene rings is 2. The van der Waals surface area contributed by atoms with E-state index < -0.39 is 11.6 Å². The molecule has 0 aromatic heterocycles. The van der Waals surface area contributed by atoms with Gasteiger partial charge in [0.1, 0.15) is 11.6 Å². The summed E-state index contributed by atoms with van der Waals surface area (Å²) < 4.78 is 26.5. The summed E-state index contributed by atoms with van der Waals surface area (Å²) in [4.78, 5) is 0. The van der Waals surface area contributed by atoms with Crippen LogP contribution in [0.2, 0.25) is 10.0 Å². The fraction of sp³-hybridized carbons (Fsp3) is 0. The maximum atomic E-state index is 13.4. The summed E-state index contributed by atoms with van der Waals surface area (Å²) in [5.74, 6) is -1.17. The summed E-state index contributed by atoms with van der Waals surface area (Å²) in [7, 11) is 0. The lowest BCUT2D eigenvalue weighted by atomic mass is 10.3. The lowest BCUT2D eigenvalue weighted by Crippen LogP contribution is -2.19. The van der Waals surface area contributed by atoms with Gasteiger partial charge in [0.25, 0.3) is 0 Å². The van der Waals surface area contributed by atoms with Gasteiger partial charge in [-0.3, -0.25) is 0 Å². The van der Waals surface area contributed by atoms with Crippen LogP contribution in [0.5, 0.6) is 0 Å². The van der Waals surface area contributed by atoms with Crippen molar-refractivity contribution in [3.05, 3.63) is 58.1 Å². The molecule has 0 aliphatic heterocycles. The zero-order valence-electron chi connectivity index (χ0n) is 9.88. The van der Waals surface area contributed by atoms with E-state index in [1.165, 1.54) is 0 Å². The summed E-state index contributed by atoms with van der Waals surface area (Å²) >= 11 is 16.7. The number of hydrogen-bond acceptors (Lipinski definition) is 1. The second kappa shape index (κ2) is 6.35. The van der Waals surface area contributed by atoms with Gasteiger partial charge in [0.05, 0.1) is 15.7 Å². The minimum absolute atomic E-state index is 0.0532. The van der Waals surface area contributed by atoms with Crippen molar-refractivity contribution in [1.82, 2.24) is 0 Å². The Hall–Kier alpha value is -1.43. The Balaban J connectivity index is 2.09. The Morgan fingerprint density at radius 1 is 0.950 bits per heavy atom. The minimum Gasteiger partial charge on any atom is -0.332 e. The van der Waals surface area contributed by atoms with E-state index >= 15 is 0 Å². The SMILES string of the molecule is Fc1ccc(F)c(NC(=S)Nc2ccc(Cl)c(Cl)c2)c1. The molecule has 0 unspecified atom stereocenters. The molecule has 2 aromatic rings. The van der Waals surface area contributed by atoms with Crippen molar-refractivity contribution in [3.63, 3.8) is 0 Å². The summed E-state index contributed by atoms with van der Waals surface area (Å²) in [5, 5.41) is 6.23. The van der Waals surface area contributed by atoms with Gasteiger partial charge in [-0.25, -0.2) is 8.78 Å². The van der Waals surface area contributed by atoms with Gasteiger partial charge < -0.3 is 10.6 Å². The first-order valence-corrected chi connectivity index (χ1v) is 6.60. The molecule has 0 bridgehead atoms. The molecular formula is C13H8Cl2F2N2S. The van der Waals surface area contributed by atoms with Gasteiger partial charge in [0.15, 0.2) is 5.11 Å². The van der Waals surface area contributed by atoms with Crippen LogP contribution in [0.1, 0.15) is 0 Å². The lowest BCUT2D eigenvalue weighted by molar-refractivity contribution is 0.604. The molecule has 2 nitrogen and oxygen atoms in total. The normalized spacial score (nSPS) is 10.2. The average Bonchev–Trinajstić information content (AvgIpc) is 2.38. The third-order valence-corrected chi connectivity index (χ3v) is 3.30. The molecule has 2 rings (SSSR count). The fourth-order valence-corrected chi connectivity index (χ4v) is 1.98. The molecule has 0 amide bonds. The van der Waals surface area contributed by atoms with E-state index in [1.54, 1.807) is 18.2 Å². The highest BCUT2D eigenvalue weighted by Crippen LogP contribution is 2.25. The molecule has 0 radical (unpaired) electrons. The quantitative estimate of drug-likeness (QED) is 0.750. The van der Waals surface area contributed by atoms with E-state index in [-0.39, 0.29) is 10.8 Å². The number of hydrogen-bond donors (Lipinski definition) is 2. The standard InChI is InChI=1S/C13H8Cl2F2N2S/c14-9-3-2-8(6-10(9)15)18-13(20)19-12-5-7(16)1-4-11(12)17/h1-6H,(H2,18,19,20). The minimum atomic E-state index is -0.607. The molecule has 0 heterocycles. The lowest BCUT2D eigenvalue weighted by Gasteiger charge is -2.11. The van der Waals surface area contributed by atoms with Gasteiger partial charge in [0.2, 0.25) is 0 Å². The number of halogens is 4. The van der Waals surface area contributed by atoms with E-state index in [2.05, 4.69) is 10.6 Å². The fourth-order valence-electron chi connectivity index (χ4n) is 1.45. The third kappa shape index (κ3) is 3.79. The van der Waals surface area contributed by atoms with Crippen molar-refractivity contribution in [2.45, 2.75) is 0 Å². The molecule has 2 N–H and O–H groups in total. The van der Waals surface area contributed by atoms with Crippen LogP contribution in [-0.4, -0.2) is 5.11 Å². The van der Waals surface area contributed by atoms with E-state index in [0.717, 1.165) is 18.2 Å². The second-order valence-corrected chi connectivity index (χ2v) is 5.05. The van der Waals surface area contributed by atoms with Crippen LogP contribution in [0.25, 0.3) is 0 Å². The zero-order valence-corrected chi connectivity index (χ0v) is 12.2. The number of rotatable bonds is 2. The first-order valence-electron chi connectivity index (χ1n) is 5.44. The Bertz CT molecular complexity index is 665. The van der Waals surface area contributed by atoms with E-state index in [0.29, 0.717) is 15.7 Å². The van der Waals surface area contributed by atoms with Crippen LogP contribution in [0.4, 0.5) is 20.2 Å². The van der Waals surface area contributed by atoms with Gasteiger partial charge in [-0.05, 0) is 42.5 Å². The van der Waals surface area contributed by atoms with Crippen molar-refractivity contribution >= 4 is 51.9 Å². The number of thiocarbonyl (C=S) groups is 1. The Kier molecular flexibility index (Phi) is 4.75. The Morgan fingerprint density at radius 2 is 1.70 bits per heavy atom. The van der Waals surface area contributed by atoms with Gasteiger partial charge >= 0.3 is 0 Å². The highest BCUT2D eigenvalue weighted by Gasteiger charge is 2.06. The van der Waals surface area contributed by atoms with Crippen LogP contribution in [0.3, 0.4) is 0 Å². The van der Waals surface area contributed by atoms with Gasteiger partial charge in [-0.15, -0.1) is 0 Å². The molecular weight excluding hydrogens is 325 g/mol. The topological polar surface area (TPSA) is 24.1 Å². The molecule has 0 atom stereocenters. The van der Waals surface area contributed by atoms with E-state index in [1.807, 2.05) is 0 Å². The van der Waals surface area contributed by atoms with Crippen molar-refractivity contribution in [1.29, 1.82) is 0 Å². The Morgan fingerprint density at radius 3 is 2.40 bits per heavy atom. The molecule has 0 spiro atoms. The van der Waals surface area contributed by atoms with Crippen LogP contribution < -0.4 is 10.6 Å². The summed E-state index contributed by atoms with van der Waals surface area (Å²) in [6.45, 7) is 0. The van der Waals surface area contributed by atoms with Crippen LogP contribution in [0.15, 0.2) is 36.4 Å². The Labute approximate surface area is 129 Å². The van der Waals surface area contributed by atoms with Gasteiger partial charge in [0, 0.05) is 11.8 Å². The van der Waals surface area contributed by atoms with Gasteiger partial charge in [-0.1, -0.05) is 23.2 Å². The molecule has 0 aliphatic carbocycles. The molecule has 2 aromatic carbocycles. The summed E-state index contributed by atoms with van der Waals surface area (Å²) in [6, 6.07) is 7.87. The predicted octanol–water partition coefficient (Wildman–Crippen LogP) is 5.08. The zero-order chi connectivity index (χ0) is 14.7. The number of anilines is 2. The average molecular weight is 333 g/mol. The van der Waals surface area contributed by atoms with Crippen LogP contribution in [0, 0.1) is 11.6 Å². The van der Waals surface area contributed by atoms with Crippen molar-refractivity contribution in [3.8, 4) is 0 Å². The highest BCUT2D eigenvalue weighted by atomic mass is 35.5. The second-order valence-electron chi connectivity index (χ2n) is 3.83. The van der Waals surface area contributed by atoms with Gasteiger partial charge in [-0.2, -0.15) is 0 Å². The maximum absolute atomic E-state index is 13.4. The predicted molar refractivity (Wildman–Crippen MR) is 82.7 cm³/mol. The summed E-state index contributed by atoms with van der Waals surface area (Å²) in [6.07, 6.45) is 0. The monoisotopic (exact) mass is 332 g/mol. The highest BCUT2D eigenvalue weighted by molar-refractivity contribution is 7.80. The van der Waals surface area contributed by atoms with E-state index in [4.69, 9.17) is 35.4 Å². The molecule has 0 saturated heterocycles. The molecule has 0 fully saturated rings. The summed E-state index contributed by atoms with van der Waals surface area (Å²) in [5.41, 5.74) is 0.524. The largest absolute Gasteiger partial charge is 0.332 e. The molecule has 7 heteroatoms. The van der Waals surface area contributed by atoms with Crippen molar-refractivity contribution < 1.29 is 8.78 Å². The number of nitrogens with one attached hydrogen (secondary N) is 2.